The quantitative estimate of drug-likeness (QED) is 0.408. The Hall–Kier alpha value is -3.39. The Kier molecular flexibility index (Phi) is 5.51. The van der Waals surface area contributed by atoms with E-state index in [9.17, 15) is 4.79 Å². The molecule has 3 aliphatic rings. The molecule has 0 radical (unpaired) electrons. The Bertz CT molecular complexity index is 1560. The van der Waals surface area contributed by atoms with Crippen LogP contribution in [0, 0.1) is 12.8 Å². The summed E-state index contributed by atoms with van der Waals surface area (Å²) in [4.78, 5) is 25.8. The van der Waals surface area contributed by atoms with Gasteiger partial charge in [-0.05, 0) is 82.2 Å². The summed E-state index contributed by atoms with van der Waals surface area (Å²) in [5.74, 6) is 1.39. The first kappa shape index (κ1) is 23.7. The van der Waals surface area contributed by atoms with Gasteiger partial charge in [0.2, 0.25) is 0 Å². The van der Waals surface area contributed by atoms with Crippen molar-refractivity contribution in [2.75, 3.05) is 26.7 Å². The molecule has 7 rings (SSSR count). The zero-order chi connectivity index (χ0) is 26.0. The van der Waals surface area contributed by atoms with Crippen LogP contribution in [0.5, 0.6) is 5.88 Å². The zero-order valence-corrected chi connectivity index (χ0v) is 22.6. The number of carbonyl (C=O) groups excluding carboxylic acids is 1. The molecule has 3 fully saturated rings. The van der Waals surface area contributed by atoms with Crippen LogP contribution in [0.4, 0.5) is 0 Å². The lowest BCUT2D eigenvalue weighted by Gasteiger charge is -2.49. The van der Waals surface area contributed by atoms with Gasteiger partial charge in [-0.3, -0.25) is 9.20 Å². The molecule has 2 aliphatic heterocycles. The van der Waals surface area contributed by atoms with Gasteiger partial charge < -0.3 is 19.5 Å². The van der Waals surface area contributed by atoms with Gasteiger partial charge in [0.1, 0.15) is 17.0 Å². The maximum absolute atomic E-state index is 13.7. The fourth-order valence-electron chi connectivity index (χ4n) is 6.41. The third-order valence-electron chi connectivity index (χ3n) is 8.89. The second kappa shape index (κ2) is 8.83. The summed E-state index contributed by atoms with van der Waals surface area (Å²) in [6.45, 7) is 7.80. The highest BCUT2D eigenvalue weighted by Gasteiger charge is 2.41. The van der Waals surface area contributed by atoms with Gasteiger partial charge in [-0.1, -0.05) is 6.92 Å². The van der Waals surface area contributed by atoms with Crippen LogP contribution in [-0.2, 0) is 13.0 Å². The lowest BCUT2D eigenvalue weighted by atomic mass is 9.80. The van der Waals surface area contributed by atoms with Crippen molar-refractivity contribution >= 4 is 22.6 Å². The van der Waals surface area contributed by atoms with E-state index in [1.807, 2.05) is 21.4 Å². The molecule has 1 aliphatic carbocycles. The number of ether oxygens (including phenoxy) is 1. The summed E-state index contributed by atoms with van der Waals surface area (Å²) < 4.78 is 10.2. The summed E-state index contributed by atoms with van der Waals surface area (Å²) in [5.41, 5.74) is 6.62. The van der Waals surface area contributed by atoms with Crippen molar-refractivity contribution in [2.45, 2.75) is 64.5 Å². The summed E-state index contributed by atoms with van der Waals surface area (Å²) in [6.07, 6.45) is 6.77. The number of nitrogens with one attached hydrogen (secondary N) is 1. The highest BCUT2D eigenvalue weighted by molar-refractivity contribution is 5.96. The first-order valence-electron chi connectivity index (χ1n) is 14.1. The molecule has 4 aromatic heterocycles. The number of likely N-dealkylation sites (tertiary alicyclic amines) is 1. The van der Waals surface area contributed by atoms with Crippen molar-refractivity contribution in [3.63, 3.8) is 0 Å². The number of aromatic nitrogens is 4. The van der Waals surface area contributed by atoms with Crippen molar-refractivity contribution < 1.29 is 9.53 Å². The first-order chi connectivity index (χ1) is 18.5. The number of pyridine rings is 2. The Balaban J connectivity index is 1.32. The molecule has 1 saturated carbocycles. The lowest BCUT2D eigenvalue weighted by molar-refractivity contribution is 0.0467. The monoisotopic (exact) mass is 512 g/mol. The van der Waals surface area contributed by atoms with Gasteiger partial charge in [-0.15, -0.1) is 0 Å². The zero-order valence-electron chi connectivity index (χ0n) is 22.6. The van der Waals surface area contributed by atoms with Gasteiger partial charge in [-0.2, -0.15) is 0 Å². The molecule has 0 aromatic carbocycles. The van der Waals surface area contributed by atoms with Gasteiger partial charge in [0.15, 0.2) is 5.88 Å². The summed E-state index contributed by atoms with van der Waals surface area (Å²) in [6, 6.07) is 10.3. The van der Waals surface area contributed by atoms with Crippen LogP contribution in [0.3, 0.4) is 0 Å². The lowest BCUT2D eigenvalue weighted by Crippen LogP contribution is -2.65. The normalized spacial score (nSPS) is 21.4. The Morgan fingerprint density at radius 3 is 2.74 bits per heavy atom. The van der Waals surface area contributed by atoms with E-state index in [4.69, 9.17) is 14.7 Å². The number of fused-ring (bicyclic) bond motifs is 2. The highest BCUT2D eigenvalue weighted by Crippen LogP contribution is 2.37. The van der Waals surface area contributed by atoms with Crippen LogP contribution >= 0.6 is 0 Å². The molecule has 1 atom stereocenters. The molecule has 198 valence electrons. The second-order valence-corrected chi connectivity index (χ2v) is 11.5. The molecule has 1 amide bonds. The Morgan fingerprint density at radius 2 is 2.03 bits per heavy atom. The number of hydrogen-bond donors (Lipinski definition) is 1. The minimum Gasteiger partial charge on any atom is -0.482 e. The average molecular weight is 513 g/mol. The fraction of sp³-hybridized carbons (Fsp3) is 0.500. The van der Waals surface area contributed by atoms with E-state index in [1.165, 1.54) is 12.8 Å². The van der Waals surface area contributed by atoms with Crippen molar-refractivity contribution in [3.8, 4) is 17.3 Å². The van der Waals surface area contributed by atoms with Crippen molar-refractivity contribution in [1.82, 2.24) is 29.2 Å². The van der Waals surface area contributed by atoms with E-state index in [0.29, 0.717) is 17.4 Å². The van der Waals surface area contributed by atoms with Crippen LogP contribution in [0.15, 0.2) is 30.3 Å². The highest BCUT2D eigenvalue weighted by atomic mass is 16.5. The largest absolute Gasteiger partial charge is 0.482 e. The fourth-order valence-corrected chi connectivity index (χ4v) is 6.41. The molecule has 6 heterocycles. The number of piperidine rings is 1. The first-order valence-corrected chi connectivity index (χ1v) is 14.1. The number of amides is 1. The predicted octanol–water partition coefficient (Wildman–Crippen LogP) is 4.61. The van der Waals surface area contributed by atoms with E-state index in [-0.39, 0.29) is 11.4 Å². The van der Waals surface area contributed by atoms with Crippen molar-refractivity contribution in [1.29, 1.82) is 0 Å². The summed E-state index contributed by atoms with van der Waals surface area (Å²) >= 11 is 0. The third-order valence-corrected chi connectivity index (χ3v) is 8.89. The van der Waals surface area contributed by atoms with Crippen LogP contribution < -0.4 is 10.1 Å². The molecule has 8 nitrogen and oxygen atoms in total. The summed E-state index contributed by atoms with van der Waals surface area (Å²) in [7, 11) is 1.66. The molecule has 4 aromatic rings. The maximum atomic E-state index is 13.7. The SMILES string of the molecule is CCc1ccc2cc(-c3nc4cc(C(=O)N5CCCC6(CCN6)C5)cc(OC)n4c3C)n(CC3CC3)c2n1. The number of rotatable bonds is 6. The molecule has 1 spiro atoms. The number of hydrogen-bond acceptors (Lipinski definition) is 5. The number of methoxy groups -OCH3 is 1. The van der Waals surface area contributed by atoms with E-state index >= 15 is 0 Å². The maximum Gasteiger partial charge on any atom is 0.254 e. The topological polar surface area (TPSA) is 76.7 Å². The van der Waals surface area contributed by atoms with Gasteiger partial charge >= 0.3 is 0 Å². The van der Waals surface area contributed by atoms with E-state index in [2.05, 4.69) is 41.9 Å². The second-order valence-electron chi connectivity index (χ2n) is 11.5. The van der Waals surface area contributed by atoms with E-state index in [0.717, 1.165) is 91.3 Å². The van der Waals surface area contributed by atoms with Crippen LogP contribution in [0.2, 0.25) is 0 Å². The number of carbonyl (C=O) groups is 1. The molecule has 1 N–H and O–H groups in total. The summed E-state index contributed by atoms with van der Waals surface area (Å²) in [5, 5.41) is 4.72. The van der Waals surface area contributed by atoms with Gasteiger partial charge in [0.25, 0.3) is 5.91 Å². The smallest absolute Gasteiger partial charge is 0.254 e. The van der Waals surface area contributed by atoms with Crippen LogP contribution in [-0.4, -0.2) is 62.0 Å². The van der Waals surface area contributed by atoms with Crippen LogP contribution in [0.1, 0.15) is 60.8 Å². The third kappa shape index (κ3) is 3.80. The van der Waals surface area contributed by atoms with Gasteiger partial charge in [0.05, 0.1) is 18.5 Å². The Morgan fingerprint density at radius 1 is 1.18 bits per heavy atom. The number of imidazole rings is 1. The molecular weight excluding hydrogens is 476 g/mol. The minimum absolute atomic E-state index is 0.0555. The number of aryl methyl sites for hydroxylation is 2. The molecule has 0 bridgehead atoms. The van der Waals surface area contributed by atoms with E-state index in [1.54, 1.807) is 7.11 Å². The minimum atomic E-state index is 0.0555. The molecule has 8 heteroatoms. The molecule has 2 saturated heterocycles. The van der Waals surface area contributed by atoms with Gasteiger partial charge in [-0.25, -0.2) is 9.97 Å². The Labute approximate surface area is 223 Å². The number of nitrogens with zero attached hydrogens (tertiary/aromatic N) is 5. The average Bonchev–Trinajstić information content (AvgIpc) is 3.60. The molecular formula is C30H36N6O2. The molecule has 1 unspecified atom stereocenters. The standard InChI is InChI=1S/C30H36N6O2/c1-4-23-9-8-21-14-24(35(28(21)32-23)17-20-6-7-20)27-19(2)36-25(33-27)15-22(16-26(36)38-3)29(37)34-13-5-10-30(18-34)11-12-31-30/h8-9,14-16,20,31H,4-7,10-13,17-18H2,1-3H3. The van der Waals surface area contributed by atoms with E-state index < -0.39 is 0 Å². The van der Waals surface area contributed by atoms with Gasteiger partial charge in [0, 0.05) is 47.9 Å². The molecule has 38 heavy (non-hydrogen) atoms. The van der Waals surface area contributed by atoms with Crippen molar-refractivity contribution in [2.24, 2.45) is 5.92 Å². The predicted molar refractivity (Wildman–Crippen MR) is 148 cm³/mol. The van der Waals surface area contributed by atoms with Crippen LogP contribution in [0.25, 0.3) is 28.1 Å². The van der Waals surface area contributed by atoms with Crippen molar-refractivity contribution in [3.05, 3.63) is 47.3 Å².